The summed E-state index contributed by atoms with van der Waals surface area (Å²) in [5.74, 6) is 1.61. The average molecular weight is 473 g/mol. The third-order valence-electron chi connectivity index (χ3n) is 5.54. The van der Waals surface area contributed by atoms with Gasteiger partial charge in [-0.15, -0.1) is 5.06 Å². The van der Waals surface area contributed by atoms with Crippen molar-refractivity contribution in [2.24, 2.45) is 0 Å². The van der Waals surface area contributed by atoms with Gasteiger partial charge < -0.3 is 19.0 Å². The molecule has 0 aliphatic carbocycles. The summed E-state index contributed by atoms with van der Waals surface area (Å²) in [7, 11) is 0. The zero-order valence-corrected chi connectivity index (χ0v) is 20.9. The molecule has 1 aliphatic rings. The maximum Gasteiger partial charge on any atom is 0.528 e. The molecule has 0 bridgehead atoms. The molecule has 2 aromatic heterocycles. The maximum atomic E-state index is 11.7. The molecule has 9 nitrogen and oxygen atoms in total. The minimum atomic E-state index is -0.679. The topological polar surface area (TPSA) is 95.9 Å². The van der Waals surface area contributed by atoms with Gasteiger partial charge in [-0.3, -0.25) is 4.98 Å². The van der Waals surface area contributed by atoms with Crippen LogP contribution in [0.25, 0.3) is 0 Å². The highest BCUT2D eigenvalue weighted by atomic mass is 16.8. The Hall–Kier alpha value is -2.94. The number of hydrogen-bond acceptors (Lipinski definition) is 9. The summed E-state index contributed by atoms with van der Waals surface area (Å²) in [5, 5.41) is 1.60. The highest BCUT2D eigenvalue weighted by Gasteiger charge is 2.25. The van der Waals surface area contributed by atoms with Gasteiger partial charge in [0.05, 0.1) is 17.4 Å². The van der Waals surface area contributed by atoms with Crippen LogP contribution >= 0.6 is 0 Å². The number of aromatic nitrogens is 3. The molecular formula is C25H36N4O5. The average Bonchev–Trinajstić information content (AvgIpc) is 2.79. The molecule has 1 saturated heterocycles. The van der Waals surface area contributed by atoms with Crippen LogP contribution in [0.15, 0.2) is 18.5 Å². The van der Waals surface area contributed by atoms with Gasteiger partial charge >= 0.3 is 6.16 Å². The Kier molecular flexibility index (Phi) is 9.44. The Labute approximate surface area is 201 Å². The molecule has 0 spiro atoms. The molecule has 0 atom stereocenters. The number of piperidine rings is 1. The van der Waals surface area contributed by atoms with Crippen LogP contribution in [0.3, 0.4) is 0 Å². The fourth-order valence-corrected chi connectivity index (χ4v) is 3.67. The summed E-state index contributed by atoms with van der Waals surface area (Å²) < 4.78 is 17.2. The Morgan fingerprint density at radius 1 is 1.12 bits per heavy atom. The van der Waals surface area contributed by atoms with Gasteiger partial charge in [0.1, 0.15) is 12.4 Å². The number of hydroxylamine groups is 2. The highest BCUT2D eigenvalue weighted by molar-refractivity contribution is 5.59. The summed E-state index contributed by atoms with van der Waals surface area (Å²) in [6.45, 7) is 10.7. The standard InChI is InChI=1S/C25H36N4O5/c1-6-7-8-9-20-10-11-22(19(5)28-20)33-24-18(4)23(26-16-27-24)32-21-12-14-29(15-13-21)34-25(30)31-17(2)3/h10-11,16-17,21H,6-9,12-15H2,1-5H3. The first kappa shape index (κ1) is 25.7. The van der Waals surface area contributed by atoms with E-state index in [-0.39, 0.29) is 12.2 Å². The molecule has 34 heavy (non-hydrogen) atoms. The van der Waals surface area contributed by atoms with Crippen LogP contribution in [0.4, 0.5) is 4.79 Å². The number of rotatable bonds is 10. The first-order valence-electron chi connectivity index (χ1n) is 12.1. The number of hydrogen-bond donors (Lipinski definition) is 0. The first-order chi connectivity index (χ1) is 16.4. The number of nitrogens with zero attached hydrogens (tertiary/aromatic N) is 4. The first-order valence-corrected chi connectivity index (χ1v) is 12.1. The second-order valence-electron chi connectivity index (χ2n) is 8.81. The maximum absolute atomic E-state index is 11.7. The molecule has 0 radical (unpaired) electrons. The van der Waals surface area contributed by atoms with Gasteiger partial charge in [-0.05, 0) is 52.7 Å². The van der Waals surface area contributed by atoms with Gasteiger partial charge in [-0.25, -0.2) is 14.8 Å². The Morgan fingerprint density at radius 3 is 2.53 bits per heavy atom. The molecule has 0 saturated carbocycles. The number of carbonyl (C=O) groups is 1. The summed E-state index contributed by atoms with van der Waals surface area (Å²) in [4.78, 5) is 30.2. The van der Waals surface area contributed by atoms with Gasteiger partial charge in [-0.2, -0.15) is 0 Å². The summed E-state index contributed by atoms with van der Waals surface area (Å²) in [5.41, 5.74) is 2.64. The molecule has 1 aliphatic heterocycles. The minimum Gasteiger partial charge on any atom is -0.474 e. The molecule has 0 N–H and O–H groups in total. The van der Waals surface area contributed by atoms with Crippen LogP contribution in [0.5, 0.6) is 17.5 Å². The normalized spacial score (nSPS) is 14.8. The van der Waals surface area contributed by atoms with E-state index in [0.717, 1.165) is 29.8 Å². The smallest absolute Gasteiger partial charge is 0.474 e. The summed E-state index contributed by atoms with van der Waals surface area (Å²) >= 11 is 0. The fraction of sp³-hybridized carbons (Fsp3) is 0.600. The fourth-order valence-electron chi connectivity index (χ4n) is 3.67. The Bertz CT molecular complexity index is 945. The molecule has 3 rings (SSSR count). The molecule has 0 unspecified atom stereocenters. The van der Waals surface area contributed by atoms with Gasteiger partial charge in [0.2, 0.25) is 11.8 Å². The van der Waals surface area contributed by atoms with Crippen LogP contribution in [0.2, 0.25) is 0 Å². The van der Waals surface area contributed by atoms with Gasteiger partial charge in [0, 0.05) is 31.6 Å². The number of unbranched alkanes of at least 4 members (excludes halogenated alkanes) is 2. The predicted octanol–water partition coefficient (Wildman–Crippen LogP) is 5.33. The van der Waals surface area contributed by atoms with E-state index in [9.17, 15) is 4.79 Å². The summed E-state index contributed by atoms with van der Waals surface area (Å²) in [6, 6.07) is 3.96. The SMILES string of the molecule is CCCCCc1ccc(Oc2ncnc(OC3CCN(OC(=O)OC(C)C)CC3)c2C)c(C)n1. The van der Waals surface area contributed by atoms with E-state index in [4.69, 9.17) is 19.0 Å². The number of carbonyl (C=O) groups excluding carboxylic acids is 1. The van der Waals surface area contributed by atoms with Crippen molar-refractivity contribution < 1.29 is 23.8 Å². The van der Waals surface area contributed by atoms with E-state index < -0.39 is 6.16 Å². The Morgan fingerprint density at radius 2 is 1.85 bits per heavy atom. The number of pyridine rings is 1. The van der Waals surface area contributed by atoms with Gasteiger partial charge in [-0.1, -0.05) is 19.8 Å². The van der Waals surface area contributed by atoms with Gasteiger partial charge in [0.15, 0.2) is 5.75 Å². The van der Waals surface area contributed by atoms with E-state index in [2.05, 4.69) is 21.9 Å². The lowest BCUT2D eigenvalue weighted by Crippen LogP contribution is -2.40. The van der Waals surface area contributed by atoms with Crippen molar-refractivity contribution in [1.29, 1.82) is 0 Å². The molecule has 9 heteroatoms. The number of aryl methyl sites for hydroxylation is 2. The van der Waals surface area contributed by atoms with Crippen molar-refractivity contribution >= 4 is 6.16 Å². The van der Waals surface area contributed by atoms with Crippen LogP contribution in [-0.4, -0.2) is 51.5 Å². The minimum absolute atomic E-state index is 0.0479. The largest absolute Gasteiger partial charge is 0.528 e. The van der Waals surface area contributed by atoms with E-state index in [1.54, 1.807) is 18.9 Å². The molecule has 0 amide bonds. The van der Waals surface area contributed by atoms with Crippen LogP contribution in [0, 0.1) is 13.8 Å². The molecule has 2 aromatic rings. The van der Waals surface area contributed by atoms with Crippen molar-refractivity contribution in [3.05, 3.63) is 35.4 Å². The molecule has 1 fully saturated rings. The number of ether oxygens (including phenoxy) is 3. The van der Waals surface area contributed by atoms with Crippen molar-refractivity contribution in [2.45, 2.75) is 85.4 Å². The second-order valence-corrected chi connectivity index (χ2v) is 8.81. The van der Waals surface area contributed by atoms with Crippen molar-refractivity contribution in [3.63, 3.8) is 0 Å². The van der Waals surface area contributed by atoms with Crippen molar-refractivity contribution in [1.82, 2.24) is 20.0 Å². The lowest BCUT2D eigenvalue weighted by atomic mass is 10.1. The third kappa shape index (κ3) is 7.55. The molecule has 0 aromatic carbocycles. The van der Waals surface area contributed by atoms with Crippen LogP contribution in [0.1, 0.15) is 69.8 Å². The zero-order valence-electron chi connectivity index (χ0n) is 20.9. The predicted molar refractivity (Wildman–Crippen MR) is 127 cm³/mol. The lowest BCUT2D eigenvalue weighted by molar-refractivity contribution is -0.151. The molecule has 3 heterocycles. The highest BCUT2D eigenvalue weighted by Crippen LogP contribution is 2.30. The lowest BCUT2D eigenvalue weighted by Gasteiger charge is -2.30. The van der Waals surface area contributed by atoms with Crippen LogP contribution in [-0.2, 0) is 16.0 Å². The monoisotopic (exact) mass is 472 g/mol. The quantitative estimate of drug-likeness (QED) is 0.335. The zero-order chi connectivity index (χ0) is 24.5. The Balaban J connectivity index is 1.56. The van der Waals surface area contributed by atoms with E-state index in [1.807, 2.05) is 26.0 Å². The third-order valence-corrected chi connectivity index (χ3v) is 5.54. The van der Waals surface area contributed by atoms with E-state index >= 15 is 0 Å². The van der Waals surface area contributed by atoms with E-state index in [1.165, 1.54) is 19.2 Å². The van der Waals surface area contributed by atoms with E-state index in [0.29, 0.717) is 43.4 Å². The molecular weight excluding hydrogens is 436 g/mol. The van der Waals surface area contributed by atoms with Crippen molar-refractivity contribution in [3.8, 4) is 17.5 Å². The second kappa shape index (κ2) is 12.5. The van der Waals surface area contributed by atoms with Gasteiger partial charge in [0.25, 0.3) is 0 Å². The van der Waals surface area contributed by atoms with Crippen LogP contribution < -0.4 is 9.47 Å². The molecule has 186 valence electrons. The summed E-state index contributed by atoms with van der Waals surface area (Å²) in [6.07, 6.45) is 6.40. The van der Waals surface area contributed by atoms with Crippen molar-refractivity contribution in [2.75, 3.05) is 13.1 Å².